The zero-order valence-corrected chi connectivity index (χ0v) is 14.2. The van der Waals surface area contributed by atoms with Gasteiger partial charge in [0.25, 0.3) is 0 Å². The smallest absolute Gasteiger partial charge is 0.317 e. The highest BCUT2D eigenvalue weighted by atomic mass is 35.5. The van der Waals surface area contributed by atoms with Crippen molar-refractivity contribution in [3.63, 3.8) is 0 Å². The summed E-state index contributed by atoms with van der Waals surface area (Å²) in [6.45, 7) is 3.76. The largest absolute Gasteiger partial charge is 0.393 e. The van der Waals surface area contributed by atoms with Crippen molar-refractivity contribution in [3.05, 3.63) is 33.8 Å². The molecule has 0 spiro atoms. The molecule has 1 aliphatic heterocycles. The number of nitrogens with zero attached hydrogens (tertiary/aromatic N) is 1. The standard InChI is InChI=1S/C16H22Cl2N2O2/c1-11(21)13-3-6-20(7-4-13)16(22)19-5-2-12-8-14(17)10-15(18)9-12/h8-11,13,21H,2-7H2,1H3,(H,19,22). The van der Waals surface area contributed by atoms with Crippen LogP contribution in [0.15, 0.2) is 18.2 Å². The van der Waals surface area contributed by atoms with Gasteiger partial charge in [-0.2, -0.15) is 0 Å². The number of aliphatic hydroxyl groups excluding tert-OH is 1. The van der Waals surface area contributed by atoms with Crippen LogP contribution in [0.2, 0.25) is 10.0 Å². The van der Waals surface area contributed by atoms with Gasteiger partial charge in [-0.25, -0.2) is 4.79 Å². The van der Waals surface area contributed by atoms with Gasteiger partial charge in [0.15, 0.2) is 0 Å². The van der Waals surface area contributed by atoms with Crippen molar-refractivity contribution >= 4 is 29.2 Å². The summed E-state index contributed by atoms with van der Waals surface area (Å²) >= 11 is 11.9. The van der Waals surface area contributed by atoms with Crippen molar-refractivity contribution < 1.29 is 9.90 Å². The molecule has 0 radical (unpaired) electrons. The van der Waals surface area contributed by atoms with Gasteiger partial charge in [0, 0.05) is 29.7 Å². The maximum absolute atomic E-state index is 12.1. The van der Waals surface area contributed by atoms with E-state index in [0.29, 0.717) is 42.0 Å². The predicted octanol–water partition coefficient (Wildman–Crippen LogP) is 3.34. The summed E-state index contributed by atoms with van der Waals surface area (Å²) in [5.41, 5.74) is 1.01. The number of benzene rings is 1. The highest BCUT2D eigenvalue weighted by Gasteiger charge is 2.25. The van der Waals surface area contributed by atoms with Gasteiger partial charge in [-0.1, -0.05) is 23.2 Å². The van der Waals surface area contributed by atoms with Crippen LogP contribution in [0.4, 0.5) is 4.79 Å². The summed E-state index contributed by atoms with van der Waals surface area (Å²) in [6, 6.07) is 5.36. The van der Waals surface area contributed by atoms with Crippen molar-refractivity contribution in [2.24, 2.45) is 5.92 Å². The maximum atomic E-state index is 12.1. The number of carbonyl (C=O) groups is 1. The molecular formula is C16H22Cl2N2O2. The molecular weight excluding hydrogens is 323 g/mol. The number of likely N-dealkylation sites (tertiary alicyclic amines) is 1. The molecule has 1 atom stereocenters. The number of rotatable bonds is 4. The van der Waals surface area contributed by atoms with E-state index >= 15 is 0 Å². The Kier molecular flexibility index (Phi) is 6.36. The fraction of sp³-hybridized carbons (Fsp3) is 0.562. The SMILES string of the molecule is CC(O)C1CCN(C(=O)NCCc2cc(Cl)cc(Cl)c2)CC1. The Morgan fingerprint density at radius 3 is 2.45 bits per heavy atom. The first-order valence-electron chi connectivity index (χ1n) is 7.61. The van der Waals surface area contributed by atoms with E-state index in [2.05, 4.69) is 5.32 Å². The summed E-state index contributed by atoms with van der Waals surface area (Å²) in [7, 11) is 0. The highest BCUT2D eigenvalue weighted by molar-refractivity contribution is 6.34. The number of piperidine rings is 1. The molecule has 2 N–H and O–H groups in total. The monoisotopic (exact) mass is 344 g/mol. The summed E-state index contributed by atoms with van der Waals surface area (Å²) in [4.78, 5) is 13.9. The van der Waals surface area contributed by atoms with E-state index in [1.54, 1.807) is 6.07 Å². The normalized spacial score (nSPS) is 17.4. The van der Waals surface area contributed by atoms with Crippen LogP contribution in [-0.4, -0.2) is 41.8 Å². The minimum Gasteiger partial charge on any atom is -0.393 e. The lowest BCUT2D eigenvalue weighted by atomic mass is 9.92. The summed E-state index contributed by atoms with van der Waals surface area (Å²) in [5.74, 6) is 0.303. The quantitative estimate of drug-likeness (QED) is 0.879. The Balaban J connectivity index is 1.74. The highest BCUT2D eigenvalue weighted by Crippen LogP contribution is 2.21. The van der Waals surface area contributed by atoms with Gasteiger partial charge in [-0.05, 0) is 55.9 Å². The van der Waals surface area contributed by atoms with Crippen LogP contribution >= 0.6 is 23.2 Å². The van der Waals surface area contributed by atoms with Crippen molar-refractivity contribution in [1.29, 1.82) is 0 Å². The molecule has 1 heterocycles. The van der Waals surface area contributed by atoms with E-state index < -0.39 is 0 Å². The van der Waals surface area contributed by atoms with Crippen LogP contribution < -0.4 is 5.32 Å². The molecule has 122 valence electrons. The number of hydrogen-bond acceptors (Lipinski definition) is 2. The van der Waals surface area contributed by atoms with Gasteiger partial charge in [0.05, 0.1) is 6.10 Å². The number of amides is 2. The number of nitrogens with one attached hydrogen (secondary N) is 1. The van der Waals surface area contributed by atoms with E-state index in [1.165, 1.54) is 0 Å². The number of halogens is 2. The first kappa shape index (κ1) is 17.4. The van der Waals surface area contributed by atoms with E-state index in [0.717, 1.165) is 18.4 Å². The maximum Gasteiger partial charge on any atom is 0.317 e. The molecule has 4 nitrogen and oxygen atoms in total. The molecule has 0 aliphatic carbocycles. The fourth-order valence-electron chi connectivity index (χ4n) is 2.77. The second kappa shape index (κ2) is 8.04. The van der Waals surface area contributed by atoms with Gasteiger partial charge < -0.3 is 15.3 Å². The molecule has 2 amide bonds. The van der Waals surface area contributed by atoms with Gasteiger partial charge in [0.2, 0.25) is 0 Å². The average Bonchev–Trinajstić information content (AvgIpc) is 2.46. The summed E-state index contributed by atoms with van der Waals surface area (Å²) < 4.78 is 0. The zero-order valence-electron chi connectivity index (χ0n) is 12.7. The molecule has 1 saturated heterocycles. The molecule has 22 heavy (non-hydrogen) atoms. The number of hydrogen-bond donors (Lipinski definition) is 2. The Morgan fingerprint density at radius 1 is 1.32 bits per heavy atom. The van der Waals surface area contributed by atoms with Crippen LogP contribution in [0, 0.1) is 5.92 Å². The molecule has 1 unspecified atom stereocenters. The van der Waals surface area contributed by atoms with Crippen LogP contribution in [-0.2, 0) is 6.42 Å². The van der Waals surface area contributed by atoms with Crippen LogP contribution in [0.1, 0.15) is 25.3 Å². The van der Waals surface area contributed by atoms with E-state index in [4.69, 9.17) is 23.2 Å². The second-order valence-corrected chi connectivity index (χ2v) is 6.70. The van der Waals surface area contributed by atoms with Crippen LogP contribution in [0.3, 0.4) is 0 Å². The van der Waals surface area contributed by atoms with E-state index in [9.17, 15) is 9.90 Å². The van der Waals surface area contributed by atoms with Crippen LogP contribution in [0.5, 0.6) is 0 Å². The third-order valence-corrected chi connectivity index (χ3v) is 4.56. The molecule has 1 aliphatic rings. The molecule has 0 bridgehead atoms. The predicted molar refractivity (Wildman–Crippen MR) is 89.5 cm³/mol. The van der Waals surface area contributed by atoms with Gasteiger partial charge in [-0.15, -0.1) is 0 Å². The zero-order chi connectivity index (χ0) is 16.1. The van der Waals surface area contributed by atoms with Gasteiger partial charge in [0.1, 0.15) is 0 Å². The number of aliphatic hydroxyl groups is 1. The lowest BCUT2D eigenvalue weighted by molar-refractivity contribution is 0.0799. The second-order valence-electron chi connectivity index (χ2n) is 5.82. The molecule has 0 saturated carbocycles. The van der Waals surface area contributed by atoms with Crippen molar-refractivity contribution in [2.45, 2.75) is 32.3 Å². The molecule has 0 aromatic heterocycles. The van der Waals surface area contributed by atoms with Gasteiger partial charge in [-0.3, -0.25) is 0 Å². The van der Waals surface area contributed by atoms with Gasteiger partial charge >= 0.3 is 6.03 Å². The van der Waals surface area contributed by atoms with Crippen molar-refractivity contribution in [2.75, 3.05) is 19.6 Å². The van der Waals surface area contributed by atoms with E-state index in [-0.39, 0.29) is 12.1 Å². The third kappa shape index (κ3) is 5.04. The van der Waals surface area contributed by atoms with Crippen molar-refractivity contribution in [1.82, 2.24) is 10.2 Å². The lowest BCUT2D eigenvalue weighted by Gasteiger charge is -2.33. The Hall–Kier alpha value is -0.970. The molecule has 1 fully saturated rings. The summed E-state index contributed by atoms with van der Waals surface area (Å²) in [5, 5.41) is 13.7. The fourth-order valence-corrected chi connectivity index (χ4v) is 3.34. The summed E-state index contributed by atoms with van der Waals surface area (Å²) in [6.07, 6.45) is 2.11. The Labute approximate surface area is 141 Å². The van der Waals surface area contributed by atoms with E-state index in [1.807, 2.05) is 24.0 Å². The molecule has 2 rings (SSSR count). The first-order chi connectivity index (χ1) is 10.5. The number of urea groups is 1. The molecule has 1 aromatic carbocycles. The molecule has 1 aromatic rings. The number of carbonyl (C=O) groups excluding carboxylic acids is 1. The Morgan fingerprint density at radius 2 is 1.91 bits per heavy atom. The Bertz CT molecular complexity index is 495. The van der Waals surface area contributed by atoms with Crippen LogP contribution in [0.25, 0.3) is 0 Å². The molecule has 6 heteroatoms. The lowest BCUT2D eigenvalue weighted by Crippen LogP contribution is -2.46. The minimum atomic E-state index is -0.294. The average molecular weight is 345 g/mol. The topological polar surface area (TPSA) is 52.6 Å². The first-order valence-corrected chi connectivity index (χ1v) is 8.37. The third-order valence-electron chi connectivity index (χ3n) is 4.12. The minimum absolute atomic E-state index is 0.0443. The van der Waals surface area contributed by atoms with Crippen molar-refractivity contribution in [3.8, 4) is 0 Å².